The first-order valence-corrected chi connectivity index (χ1v) is 11.2. The quantitative estimate of drug-likeness (QED) is 0.732. The molecule has 2 fully saturated rings. The van der Waals surface area contributed by atoms with Crippen LogP contribution in [0.5, 0.6) is 0 Å². The average Bonchev–Trinajstić information content (AvgIpc) is 3.38. The number of carbonyl (C=O) groups is 3. The molecule has 2 aromatic rings. The molecule has 0 saturated carbocycles. The number of hydrogen-bond acceptors (Lipinski definition) is 6. The van der Waals surface area contributed by atoms with Gasteiger partial charge in [-0.1, -0.05) is 0 Å². The summed E-state index contributed by atoms with van der Waals surface area (Å²) in [4.78, 5) is 46.6. The Morgan fingerprint density at radius 1 is 1.10 bits per heavy atom. The number of amides is 3. The Morgan fingerprint density at radius 3 is 2.52 bits per heavy atom. The predicted molar refractivity (Wildman–Crippen MR) is 115 cm³/mol. The maximum Gasteiger partial charge on any atom is 0.238 e. The summed E-state index contributed by atoms with van der Waals surface area (Å²) in [6, 6.07) is 5.64. The summed E-state index contributed by atoms with van der Waals surface area (Å²) in [5.74, 6) is -0.429. The monoisotopic (exact) mass is 445 g/mol. The minimum Gasteiger partial charge on any atom is -0.340 e. The van der Waals surface area contributed by atoms with Crippen LogP contribution in [0, 0.1) is 5.82 Å². The van der Waals surface area contributed by atoms with E-state index >= 15 is 0 Å². The number of anilines is 2. The van der Waals surface area contributed by atoms with Crippen molar-refractivity contribution in [2.45, 2.75) is 19.3 Å². The van der Waals surface area contributed by atoms with Gasteiger partial charge in [0.25, 0.3) is 0 Å². The zero-order valence-electron chi connectivity index (χ0n) is 17.1. The maximum absolute atomic E-state index is 13.0. The van der Waals surface area contributed by atoms with E-state index < -0.39 is 0 Å². The number of carbonyl (C=O) groups excluding carboxylic acids is 3. The predicted octanol–water partition coefficient (Wildman–Crippen LogP) is 1.73. The van der Waals surface area contributed by atoms with Crippen LogP contribution in [0.1, 0.15) is 18.5 Å². The van der Waals surface area contributed by atoms with E-state index in [9.17, 15) is 18.8 Å². The molecule has 2 saturated heterocycles. The first-order chi connectivity index (χ1) is 15.0. The van der Waals surface area contributed by atoms with Crippen LogP contribution in [-0.2, 0) is 20.8 Å². The highest BCUT2D eigenvalue weighted by atomic mass is 32.1. The van der Waals surface area contributed by atoms with E-state index in [2.05, 4.69) is 10.3 Å². The summed E-state index contributed by atoms with van der Waals surface area (Å²) in [5, 5.41) is 5.26. The molecular formula is C21H24FN5O3S. The molecule has 31 heavy (non-hydrogen) atoms. The van der Waals surface area contributed by atoms with E-state index in [1.165, 1.54) is 35.6 Å². The minimum absolute atomic E-state index is 0.0000113. The molecule has 0 atom stereocenters. The van der Waals surface area contributed by atoms with Crippen LogP contribution in [0.3, 0.4) is 0 Å². The lowest BCUT2D eigenvalue weighted by atomic mass is 10.2. The van der Waals surface area contributed by atoms with Gasteiger partial charge in [-0.05, 0) is 30.7 Å². The summed E-state index contributed by atoms with van der Waals surface area (Å²) in [5.41, 5.74) is 1.24. The standard InChI is InChI=1S/C21H24FN5O3S/c22-15-3-5-16(6-4-15)23-18(28)13-25-8-10-26(11-9-25)20(30)12-17-14-31-21(24-17)27-7-1-2-19(27)29/h3-6,14H,1-2,7-13H2,(H,23,28). The van der Waals surface area contributed by atoms with Crippen molar-refractivity contribution in [1.29, 1.82) is 0 Å². The molecule has 3 amide bonds. The van der Waals surface area contributed by atoms with E-state index in [1.807, 2.05) is 10.3 Å². The number of benzene rings is 1. The molecule has 8 nitrogen and oxygen atoms in total. The Bertz CT molecular complexity index is 956. The van der Waals surface area contributed by atoms with Crippen molar-refractivity contribution >= 4 is 39.9 Å². The van der Waals surface area contributed by atoms with Gasteiger partial charge in [0.05, 0.1) is 18.7 Å². The van der Waals surface area contributed by atoms with Crippen LogP contribution in [0.25, 0.3) is 0 Å². The van der Waals surface area contributed by atoms with Crippen molar-refractivity contribution in [1.82, 2.24) is 14.8 Å². The molecule has 2 aliphatic rings. The third-order valence-electron chi connectivity index (χ3n) is 5.40. The van der Waals surface area contributed by atoms with Crippen LogP contribution < -0.4 is 10.2 Å². The van der Waals surface area contributed by atoms with Gasteiger partial charge in [0, 0.05) is 50.2 Å². The Hall–Kier alpha value is -2.85. The minimum atomic E-state index is -0.350. The number of rotatable bonds is 6. The molecule has 0 radical (unpaired) electrons. The number of piperazine rings is 1. The smallest absolute Gasteiger partial charge is 0.238 e. The largest absolute Gasteiger partial charge is 0.340 e. The molecule has 0 aliphatic carbocycles. The third kappa shape index (κ3) is 5.45. The summed E-state index contributed by atoms with van der Waals surface area (Å²) >= 11 is 1.40. The number of hydrogen-bond donors (Lipinski definition) is 1. The Kier molecular flexibility index (Phi) is 6.57. The first-order valence-electron chi connectivity index (χ1n) is 10.3. The lowest BCUT2D eigenvalue weighted by molar-refractivity contribution is -0.132. The number of nitrogens with zero attached hydrogens (tertiary/aromatic N) is 4. The number of nitrogens with one attached hydrogen (secondary N) is 1. The van der Waals surface area contributed by atoms with Crippen LogP contribution >= 0.6 is 11.3 Å². The highest BCUT2D eigenvalue weighted by Crippen LogP contribution is 2.25. The van der Waals surface area contributed by atoms with Gasteiger partial charge in [-0.25, -0.2) is 9.37 Å². The van der Waals surface area contributed by atoms with E-state index in [-0.39, 0.29) is 36.5 Å². The van der Waals surface area contributed by atoms with Crippen molar-refractivity contribution in [3.63, 3.8) is 0 Å². The Labute approximate surface area is 183 Å². The van der Waals surface area contributed by atoms with Gasteiger partial charge in [0.2, 0.25) is 17.7 Å². The van der Waals surface area contributed by atoms with Gasteiger partial charge >= 0.3 is 0 Å². The summed E-state index contributed by atoms with van der Waals surface area (Å²) in [6.07, 6.45) is 1.61. The van der Waals surface area contributed by atoms with Crippen LogP contribution in [0.4, 0.5) is 15.2 Å². The second-order valence-electron chi connectivity index (χ2n) is 7.66. The molecule has 1 N–H and O–H groups in total. The lowest BCUT2D eigenvalue weighted by Crippen LogP contribution is -2.50. The molecule has 0 spiro atoms. The van der Waals surface area contributed by atoms with Crippen molar-refractivity contribution in [3.8, 4) is 0 Å². The summed E-state index contributed by atoms with van der Waals surface area (Å²) < 4.78 is 13.0. The van der Waals surface area contributed by atoms with E-state index in [0.717, 1.165) is 6.42 Å². The fourth-order valence-electron chi connectivity index (χ4n) is 3.71. The third-order valence-corrected chi connectivity index (χ3v) is 6.31. The van der Waals surface area contributed by atoms with Crippen LogP contribution in [-0.4, -0.2) is 71.8 Å². The summed E-state index contributed by atoms with van der Waals surface area (Å²) in [6.45, 7) is 3.21. The van der Waals surface area contributed by atoms with Gasteiger partial charge in [-0.15, -0.1) is 11.3 Å². The molecular weight excluding hydrogens is 421 g/mol. The topological polar surface area (TPSA) is 85.9 Å². The number of halogens is 1. The second kappa shape index (κ2) is 9.52. The molecule has 164 valence electrons. The Morgan fingerprint density at radius 2 is 1.84 bits per heavy atom. The highest BCUT2D eigenvalue weighted by molar-refractivity contribution is 7.14. The van der Waals surface area contributed by atoms with Crippen LogP contribution in [0.2, 0.25) is 0 Å². The molecule has 1 aromatic heterocycles. The van der Waals surface area contributed by atoms with Gasteiger partial charge in [0.15, 0.2) is 5.13 Å². The zero-order chi connectivity index (χ0) is 21.8. The van der Waals surface area contributed by atoms with E-state index in [1.54, 1.807) is 9.80 Å². The van der Waals surface area contributed by atoms with Gasteiger partial charge < -0.3 is 10.2 Å². The maximum atomic E-state index is 13.0. The molecule has 0 unspecified atom stereocenters. The van der Waals surface area contributed by atoms with Crippen molar-refractivity contribution in [3.05, 3.63) is 41.2 Å². The van der Waals surface area contributed by atoms with Crippen LogP contribution in [0.15, 0.2) is 29.6 Å². The molecule has 2 aliphatic heterocycles. The molecule has 3 heterocycles. The van der Waals surface area contributed by atoms with Crippen molar-refractivity contribution < 1.29 is 18.8 Å². The number of aromatic nitrogens is 1. The first kappa shape index (κ1) is 21.4. The van der Waals surface area contributed by atoms with E-state index in [4.69, 9.17) is 0 Å². The second-order valence-corrected chi connectivity index (χ2v) is 8.50. The average molecular weight is 446 g/mol. The lowest BCUT2D eigenvalue weighted by Gasteiger charge is -2.34. The zero-order valence-corrected chi connectivity index (χ0v) is 17.9. The normalized spacial score (nSPS) is 17.3. The molecule has 4 rings (SSSR count). The fraction of sp³-hybridized carbons (Fsp3) is 0.429. The Balaban J connectivity index is 1.22. The van der Waals surface area contributed by atoms with Gasteiger partial charge in [-0.3, -0.25) is 24.2 Å². The van der Waals surface area contributed by atoms with Crippen molar-refractivity contribution in [2.24, 2.45) is 0 Å². The highest BCUT2D eigenvalue weighted by Gasteiger charge is 2.26. The van der Waals surface area contributed by atoms with Gasteiger partial charge in [-0.2, -0.15) is 0 Å². The molecule has 10 heteroatoms. The van der Waals surface area contributed by atoms with Crippen molar-refractivity contribution in [2.75, 3.05) is 49.5 Å². The van der Waals surface area contributed by atoms with Gasteiger partial charge in [0.1, 0.15) is 5.82 Å². The SMILES string of the molecule is O=C(CN1CCN(C(=O)Cc2csc(N3CCCC3=O)n2)CC1)Nc1ccc(F)cc1. The summed E-state index contributed by atoms with van der Waals surface area (Å²) in [7, 11) is 0. The molecule has 0 bridgehead atoms. The number of thiazole rings is 1. The van der Waals surface area contributed by atoms with E-state index in [0.29, 0.717) is 55.7 Å². The molecule has 1 aromatic carbocycles. The fourth-order valence-corrected chi connectivity index (χ4v) is 4.58.